The van der Waals surface area contributed by atoms with E-state index in [0.717, 1.165) is 30.8 Å². The molecule has 0 aliphatic carbocycles. The predicted octanol–water partition coefficient (Wildman–Crippen LogP) is 6.47. The quantitative estimate of drug-likeness (QED) is 0.262. The zero-order valence-electron chi connectivity index (χ0n) is 20.1. The topological polar surface area (TPSA) is 68.4 Å². The van der Waals surface area contributed by atoms with Gasteiger partial charge in [-0.1, -0.05) is 25.4 Å². The molecule has 7 nitrogen and oxygen atoms in total. The van der Waals surface area contributed by atoms with Gasteiger partial charge in [0.1, 0.15) is 11.9 Å². The van der Waals surface area contributed by atoms with Crippen LogP contribution in [0.1, 0.15) is 33.6 Å². The molecular weight excluding hydrogens is 507 g/mol. The lowest BCUT2D eigenvalue weighted by molar-refractivity contribution is 0.131. The monoisotopic (exact) mass is 534 g/mol. The number of hydrogen-bond acceptors (Lipinski definition) is 8. The molecule has 1 fully saturated rings. The Balaban J connectivity index is 0.00000141. The van der Waals surface area contributed by atoms with Crippen molar-refractivity contribution >= 4 is 45.6 Å². The maximum atomic E-state index is 14.4. The van der Waals surface area contributed by atoms with Crippen molar-refractivity contribution in [3.63, 3.8) is 0 Å². The third kappa shape index (κ3) is 5.87. The third-order valence-corrected chi connectivity index (χ3v) is 7.59. The van der Waals surface area contributed by atoms with Gasteiger partial charge in [-0.25, -0.2) is 23.9 Å². The van der Waals surface area contributed by atoms with E-state index in [2.05, 4.69) is 31.9 Å². The minimum Gasteiger partial charge on any atom is -0.466 e. The molecule has 1 unspecified atom stereocenters. The van der Waals surface area contributed by atoms with Crippen LogP contribution in [0.2, 0.25) is 5.02 Å². The van der Waals surface area contributed by atoms with Crippen LogP contribution in [0.25, 0.3) is 16.2 Å². The van der Waals surface area contributed by atoms with Crippen LogP contribution in [0.3, 0.4) is 0 Å². The molecule has 0 bridgehead atoms. The van der Waals surface area contributed by atoms with Crippen LogP contribution in [0.4, 0.5) is 10.3 Å². The number of halogens is 2. The molecule has 0 spiro atoms. The van der Waals surface area contributed by atoms with Gasteiger partial charge < -0.3 is 9.64 Å². The van der Waals surface area contributed by atoms with E-state index in [4.69, 9.17) is 16.3 Å². The van der Waals surface area contributed by atoms with E-state index in [-0.39, 0.29) is 11.9 Å². The highest BCUT2D eigenvalue weighted by Gasteiger charge is 2.27. The molecule has 0 radical (unpaired) electrons. The fourth-order valence-corrected chi connectivity index (χ4v) is 5.32. The molecule has 4 heterocycles. The summed E-state index contributed by atoms with van der Waals surface area (Å²) >= 11 is 8.76. The number of thioether (sulfide) groups is 1. The SMILES string of the molecule is CC.CSc1ccc(-c2cn3nc(OC(C)C4CCN(c5ncc(Cl)cn5)CC4)sc3n2)c(F)c1. The first-order valence-corrected chi connectivity index (χ1v) is 14.0. The zero-order chi connectivity index (χ0) is 24.9. The first kappa shape index (κ1) is 25.7. The zero-order valence-corrected chi connectivity index (χ0v) is 22.5. The van der Waals surface area contributed by atoms with Crippen molar-refractivity contribution in [3.05, 3.63) is 47.6 Å². The van der Waals surface area contributed by atoms with Crippen LogP contribution >= 0.6 is 34.7 Å². The fourth-order valence-electron chi connectivity index (χ4n) is 3.98. The number of imidazole rings is 1. The highest BCUT2D eigenvalue weighted by Crippen LogP contribution is 2.31. The first-order valence-electron chi connectivity index (χ1n) is 11.6. The van der Waals surface area contributed by atoms with Crippen molar-refractivity contribution in [2.75, 3.05) is 24.2 Å². The van der Waals surface area contributed by atoms with Crippen molar-refractivity contribution in [1.82, 2.24) is 24.6 Å². The van der Waals surface area contributed by atoms with Crippen LogP contribution < -0.4 is 9.64 Å². The summed E-state index contributed by atoms with van der Waals surface area (Å²) in [5.41, 5.74) is 1.04. The molecule has 1 aromatic carbocycles. The van der Waals surface area contributed by atoms with E-state index in [0.29, 0.717) is 38.3 Å². The summed E-state index contributed by atoms with van der Waals surface area (Å²) in [5.74, 6) is 0.834. The summed E-state index contributed by atoms with van der Waals surface area (Å²) < 4.78 is 22.3. The molecule has 0 amide bonds. The van der Waals surface area contributed by atoms with Gasteiger partial charge in [0, 0.05) is 23.5 Å². The van der Waals surface area contributed by atoms with E-state index in [9.17, 15) is 4.39 Å². The Kier molecular flexibility index (Phi) is 8.46. The highest BCUT2D eigenvalue weighted by molar-refractivity contribution is 7.98. The molecule has 35 heavy (non-hydrogen) atoms. The maximum absolute atomic E-state index is 14.4. The standard InChI is InChI=1S/C22H22ClFN6OS2.C2H6/c1-13(14-5-7-29(8-6-14)20-25-10-15(23)11-26-20)31-22-28-30-12-19(27-21(30)33-22)17-4-3-16(32-2)9-18(17)24;1-2/h3-4,9-14H,5-8H2,1-2H3;1-2H3. The summed E-state index contributed by atoms with van der Waals surface area (Å²) in [7, 11) is 0. The molecule has 1 atom stereocenters. The van der Waals surface area contributed by atoms with Gasteiger partial charge in [0.05, 0.1) is 29.3 Å². The molecule has 186 valence electrons. The van der Waals surface area contributed by atoms with Crippen LogP contribution in [0.5, 0.6) is 5.19 Å². The van der Waals surface area contributed by atoms with Gasteiger partial charge in [-0.2, -0.15) is 0 Å². The molecule has 5 rings (SSSR count). The molecule has 1 aliphatic rings. The Morgan fingerprint density at radius 1 is 1.20 bits per heavy atom. The number of nitrogens with zero attached hydrogens (tertiary/aromatic N) is 6. The number of hydrogen-bond donors (Lipinski definition) is 0. The summed E-state index contributed by atoms with van der Waals surface area (Å²) in [6.07, 6.45) is 8.89. The van der Waals surface area contributed by atoms with Crippen molar-refractivity contribution in [2.45, 2.75) is 44.6 Å². The van der Waals surface area contributed by atoms with Gasteiger partial charge in [0.2, 0.25) is 10.9 Å². The number of rotatable bonds is 6. The molecule has 11 heteroatoms. The number of fused-ring (bicyclic) bond motifs is 1. The first-order chi connectivity index (χ1) is 17.0. The second kappa shape index (κ2) is 11.5. The van der Waals surface area contributed by atoms with Crippen LogP contribution in [-0.2, 0) is 0 Å². The molecule has 3 aromatic heterocycles. The number of anilines is 1. The average molecular weight is 535 g/mol. The second-order valence-electron chi connectivity index (χ2n) is 7.92. The van der Waals surface area contributed by atoms with E-state index in [1.165, 1.54) is 29.2 Å². The van der Waals surface area contributed by atoms with Gasteiger partial charge in [0.25, 0.3) is 5.19 Å². The van der Waals surface area contributed by atoms with E-state index < -0.39 is 0 Å². The Morgan fingerprint density at radius 3 is 2.54 bits per heavy atom. The van der Waals surface area contributed by atoms with Gasteiger partial charge >= 0.3 is 0 Å². The number of piperidine rings is 1. The largest absolute Gasteiger partial charge is 0.466 e. The predicted molar refractivity (Wildman–Crippen MR) is 141 cm³/mol. The number of ether oxygens (including phenoxy) is 1. The smallest absolute Gasteiger partial charge is 0.294 e. The maximum Gasteiger partial charge on any atom is 0.294 e. The molecule has 1 saturated heterocycles. The third-order valence-electron chi connectivity index (χ3n) is 5.86. The lowest BCUT2D eigenvalue weighted by Gasteiger charge is -2.34. The number of aromatic nitrogens is 5. The molecule has 4 aromatic rings. The molecular formula is C24H28ClFN6OS2. The van der Waals surface area contributed by atoms with Crippen molar-refractivity contribution in [3.8, 4) is 16.5 Å². The van der Waals surface area contributed by atoms with Crippen LogP contribution in [0.15, 0.2) is 41.7 Å². The average Bonchev–Trinajstić information content (AvgIpc) is 3.44. The minimum absolute atomic E-state index is 0.0187. The van der Waals surface area contributed by atoms with E-state index in [1.807, 2.05) is 26.2 Å². The Morgan fingerprint density at radius 2 is 1.91 bits per heavy atom. The Bertz CT molecular complexity index is 1230. The minimum atomic E-state index is -0.284. The Hall–Kier alpha value is -2.43. The lowest BCUT2D eigenvalue weighted by Crippen LogP contribution is -2.39. The van der Waals surface area contributed by atoms with Gasteiger partial charge in [-0.15, -0.1) is 16.9 Å². The summed E-state index contributed by atoms with van der Waals surface area (Å²) in [4.78, 5) is 16.9. The van der Waals surface area contributed by atoms with Crippen molar-refractivity contribution in [1.29, 1.82) is 0 Å². The molecule has 1 aliphatic heterocycles. The molecule has 0 N–H and O–H groups in total. The van der Waals surface area contributed by atoms with Crippen LogP contribution in [-0.4, -0.2) is 50.0 Å². The summed E-state index contributed by atoms with van der Waals surface area (Å²) in [6, 6.07) is 5.18. The fraction of sp³-hybridized carbons (Fsp3) is 0.417. The van der Waals surface area contributed by atoms with Gasteiger partial charge in [0.15, 0.2) is 0 Å². The Labute approximate surface area is 217 Å². The molecule has 0 saturated carbocycles. The number of benzene rings is 1. The van der Waals surface area contributed by atoms with Crippen molar-refractivity contribution < 1.29 is 9.13 Å². The highest BCUT2D eigenvalue weighted by atomic mass is 35.5. The van der Waals surface area contributed by atoms with Crippen molar-refractivity contribution in [2.24, 2.45) is 5.92 Å². The summed E-state index contributed by atoms with van der Waals surface area (Å²) in [5, 5.41) is 5.61. The van der Waals surface area contributed by atoms with Gasteiger partial charge in [-0.3, -0.25) is 0 Å². The van der Waals surface area contributed by atoms with Gasteiger partial charge in [-0.05, 0) is 61.5 Å². The second-order valence-corrected chi connectivity index (χ2v) is 10.2. The van der Waals surface area contributed by atoms with Crippen LogP contribution in [0, 0.1) is 11.7 Å². The lowest BCUT2D eigenvalue weighted by atomic mass is 9.92. The summed E-state index contributed by atoms with van der Waals surface area (Å²) in [6.45, 7) is 7.81. The van der Waals surface area contributed by atoms with E-state index in [1.54, 1.807) is 29.2 Å². The normalized spacial score (nSPS) is 15.1. The van der Waals surface area contributed by atoms with E-state index >= 15 is 0 Å².